The molecule has 7 nitrogen and oxygen atoms in total. The normalized spacial score (nSPS) is 12.2. The van der Waals surface area contributed by atoms with Gasteiger partial charge in [0.25, 0.3) is 20.2 Å². The summed E-state index contributed by atoms with van der Waals surface area (Å²) in [4.78, 5) is -0.499. The van der Waals surface area contributed by atoms with E-state index in [1.807, 2.05) is 0 Å². The Bertz CT molecular complexity index is 920. The minimum Gasteiger partial charge on any atom is -0.457 e. The summed E-state index contributed by atoms with van der Waals surface area (Å²) in [6.07, 6.45) is 0. The summed E-state index contributed by atoms with van der Waals surface area (Å²) in [5, 5.41) is 0. The van der Waals surface area contributed by atoms with Crippen LogP contribution in [0.2, 0.25) is 0 Å². The SMILES string of the molecule is Cc1cc(S(=O)(=O)O)cc(C)c1Oc1ccc(S(=O)(=O)O)cc1. The van der Waals surface area contributed by atoms with E-state index in [2.05, 4.69) is 0 Å². The van der Waals surface area contributed by atoms with Crippen molar-refractivity contribution in [3.8, 4) is 11.5 Å². The Balaban J connectivity index is 2.38. The van der Waals surface area contributed by atoms with Crippen LogP contribution in [0, 0.1) is 13.8 Å². The van der Waals surface area contributed by atoms with Crippen molar-refractivity contribution in [3.05, 3.63) is 47.5 Å². The van der Waals surface area contributed by atoms with E-state index in [-0.39, 0.29) is 9.79 Å². The van der Waals surface area contributed by atoms with Crippen molar-refractivity contribution in [1.29, 1.82) is 0 Å². The van der Waals surface area contributed by atoms with Crippen molar-refractivity contribution in [2.75, 3.05) is 0 Å². The van der Waals surface area contributed by atoms with Gasteiger partial charge in [-0.25, -0.2) is 0 Å². The average Bonchev–Trinajstić information content (AvgIpc) is 2.41. The van der Waals surface area contributed by atoms with Gasteiger partial charge in [-0.1, -0.05) is 0 Å². The zero-order valence-electron chi connectivity index (χ0n) is 12.2. The molecular weight excluding hydrogens is 344 g/mol. The second kappa shape index (κ2) is 5.93. The van der Waals surface area contributed by atoms with Crippen molar-refractivity contribution in [3.63, 3.8) is 0 Å². The van der Waals surface area contributed by atoms with Gasteiger partial charge < -0.3 is 4.74 Å². The molecule has 0 aliphatic rings. The standard InChI is InChI=1S/C14H14O7S2/c1-9-7-13(23(18,19)20)8-10(2)14(9)21-11-3-5-12(6-4-11)22(15,16)17/h3-8H,1-2H3,(H,15,16,17)(H,18,19,20). The first-order valence-electron chi connectivity index (χ1n) is 6.32. The fraction of sp³-hybridized carbons (Fsp3) is 0.143. The number of aryl methyl sites for hydroxylation is 2. The van der Waals surface area contributed by atoms with Crippen LogP contribution in [0.25, 0.3) is 0 Å². The molecule has 2 rings (SSSR count). The van der Waals surface area contributed by atoms with Crippen molar-refractivity contribution in [1.82, 2.24) is 0 Å². The molecule has 0 spiro atoms. The van der Waals surface area contributed by atoms with E-state index < -0.39 is 20.2 Å². The molecule has 0 heterocycles. The minimum absolute atomic E-state index is 0.235. The highest BCUT2D eigenvalue weighted by molar-refractivity contribution is 7.86. The summed E-state index contributed by atoms with van der Waals surface area (Å²) in [5.74, 6) is 0.695. The molecule has 9 heteroatoms. The van der Waals surface area contributed by atoms with Crippen LogP contribution in [-0.4, -0.2) is 25.9 Å². The average molecular weight is 358 g/mol. The van der Waals surface area contributed by atoms with Crippen LogP contribution in [-0.2, 0) is 20.2 Å². The maximum Gasteiger partial charge on any atom is 0.294 e. The van der Waals surface area contributed by atoms with Crippen molar-refractivity contribution < 1.29 is 30.7 Å². The van der Waals surface area contributed by atoms with Crippen molar-refractivity contribution in [2.24, 2.45) is 0 Å². The lowest BCUT2D eigenvalue weighted by atomic mass is 10.1. The highest BCUT2D eigenvalue weighted by Crippen LogP contribution is 2.31. The van der Waals surface area contributed by atoms with Gasteiger partial charge in [0, 0.05) is 0 Å². The molecule has 2 aromatic rings. The van der Waals surface area contributed by atoms with Crippen LogP contribution in [0.4, 0.5) is 0 Å². The summed E-state index contributed by atoms with van der Waals surface area (Å²) in [6, 6.07) is 7.62. The molecule has 0 atom stereocenters. The largest absolute Gasteiger partial charge is 0.457 e. The van der Waals surface area contributed by atoms with Gasteiger partial charge in [-0.3, -0.25) is 9.11 Å². The van der Waals surface area contributed by atoms with Crippen LogP contribution in [0.3, 0.4) is 0 Å². The molecule has 2 aromatic carbocycles. The van der Waals surface area contributed by atoms with Crippen LogP contribution in [0.15, 0.2) is 46.2 Å². The molecule has 0 saturated heterocycles. The predicted octanol–water partition coefficient (Wildman–Crippen LogP) is 2.59. The van der Waals surface area contributed by atoms with Gasteiger partial charge in [-0.2, -0.15) is 16.8 Å². The van der Waals surface area contributed by atoms with E-state index in [0.29, 0.717) is 22.6 Å². The molecular formula is C14H14O7S2. The maximum atomic E-state index is 11.2. The molecule has 0 aromatic heterocycles. The van der Waals surface area contributed by atoms with Gasteiger partial charge in [0.05, 0.1) is 9.79 Å². The van der Waals surface area contributed by atoms with Crippen molar-refractivity contribution in [2.45, 2.75) is 23.6 Å². The Morgan fingerprint density at radius 2 is 1.22 bits per heavy atom. The third kappa shape index (κ3) is 4.08. The van der Waals surface area contributed by atoms with Crippen LogP contribution < -0.4 is 4.74 Å². The zero-order chi connectivity index (χ0) is 17.4. The van der Waals surface area contributed by atoms with E-state index in [1.165, 1.54) is 36.4 Å². The van der Waals surface area contributed by atoms with E-state index in [4.69, 9.17) is 13.8 Å². The molecule has 0 aliphatic carbocycles. The lowest BCUT2D eigenvalue weighted by Gasteiger charge is -2.13. The molecule has 0 aliphatic heterocycles. The molecule has 0 saturated carbocycles. The zero-order valence-corrected chi connectivity index (χ0v) is 13.8. The topological polar surface area (TPSA) is 118 Å². The molecule has 0 unspecified atom stereocenters. The van der Waals surface area contributed by atoms with E-state index in [0.717, 1.165) is 0 Å². The van der Waals surface area contributed by atoms with Crippen molar-refractivity contribution >= 4 is 20.2 Å². The molecule has 0 amide bonds. The summed E-state index contributed by atoms with van der Waals surface area (Å²) in [5.41, 5.74) is 0.966. The molecule has 0 fully saturated rings. The van der Waals surface area contributed by atoms with E-state index in [9.17, 15) is 16.8 Å². The maximum absolute atomic E-state index is 11.2. The third-order valence-electron chi connectivity index (χ3n) is 3.07. The number of ether oxygens (including phenoxy) is 1. The van der Waals surface area contributed by atoms with Gasteiger partial charge in [0.15, 0.2) is 0 Å². The first-order chi connectivity index (χ1) is 10.5. The van der Waals surface area contributed by atoms with Gasteiger partial charge in [0.1, 0.15) is 11.5 Å². The monoisotopic (exact) mass is 358 g/mol. The van der Waals surface area contributed by atoms with Gasteiger partial charge in [-0.15, -0.1) is 0 Å². The van der Waals surface area contributed by atoms with Gasteiger partial charge in [-0.05, 0) is 61.4 Å². The lowest BCUT2D eigenvalue weighted by Crippen LogP contribution is -2.01. The highest BCUT2D eigenvalue weighted by atomic mass is 32.2. The van der Waals surface area contributed by atoms with Crippen LogP contribution in [0.5, 0.6) is 11.5 Å². The number of benzene rings is 2. The second-order valence-electron chi connectivity index (χ2n) is 4.91. The van der Waals surface area contributed by atoms with E-state index in [1.54, 1.807) is 13.8 Å². The van der Waals surface area contributed by atoms with Crippen LogP contribution in [0.1, 0.15) is 11.1 Å². The fourth-order valence-corrected chi connectivity index (χ4v) is 3.15. The first kappa shape index (κ1) is 17.4. The second-order valence-corrected chi connectivity index (χ2v) is 7.75. The Morgan fingerprint density at radius 3 is 1.61 bits per heavy atom. The molecule has 0 bridgehead atoms. The van der Waals surface area contributed by atoms with Gasteiger partial charge in [0.2, 0.25) is 0 Å². The Morgan fingerprint density at radius 1 is 0.783 bits per heavy atom. The predicted molar refractivity (Wildman–Crippen MR) is 82.1 cm³/mol. The smallest absolute Gasteiger partial charge is 0.294 e. The third-order valence-corrected chi connectivity index (χ3v) is 4.77. The minimum atomic E-state index is -4.31. The Kier molecular flexibility index (Phi) is 4.49. The number of rotatable bonds is 4. The first-order valence-corrected chi connectivity index (χ1v) is 9.20. The highest BCUT2D eigenvalue weighted by Gasteiger charge is 2.15. The number of hydrogen-bond donors (Lipinski definition) is 2. The Labute approximate surface area is 134 Å². The number of hydrogen-bond acceptors (Lipinski definition) is 5. The Hall–Kier alpha value is -1.94. The summed E-state index contributed by atoms with van der Waals surface area (Å²) < 4.78 is 67.9. The molecule has 2 N–H and O–H groups in total. The lowest BCUT2D eigenvalue weighted by molar-refractivity contribution is 0.470. The van der Waals surface area contributed by atoms with Crippen LogP contribution >= 0.6 is 0 Å². The molecule has 124 valence electrons. The fourth-order valence-electron chi connectivity index (χ4n) is 2.02. The van der Waals surface area contributed by atoms with E-state index >= 15 is 0 Å². The summed E-state index contributed by atoms with van der Waals surface area (Å²) in [7, 11) is -8.59. The quantitative estimate of drug-likeness (QED) is 0.806. The summed E-state index contributed by atoms with van der Waals surface area (Å²) >= 11 is 0. The van der Waals surface area contributed by atoms with Gasteiger partial charge >= 0.3 is 0 Å². The molecule has 0 radical (unpaired) electrons. The molecule has 23 heavy (non-hydrogen) atoms. The summed E-state index contributed by atoms with van der Waals surface area (Å²) in [6.45, 7) is 3.23.